The van der Waals surface area contributed by atoms with Crippen molar-refractivity contribution >= 4 is 0 Å². The van der Waals surface area contributed by atoms with E-state index in [0.717, 1.165) is 73.9 Å². The highest BCUT2D eigenvalue weighted by Crippen LogP contribution is 2.39. The van der Waals surface area contributed by atoms with Gasteiger partial charge in [-0.15, -0.1) is 0 Å². The van der Waals surface area contributed by atoms with Crippen molar-refractivity contribution < 1.29 is 18.4 Å². The molecule has 1 fully saturated rings. The molecule has 4 aromatic carbocycles. The van der Waals surface area contributed by atoms with Crippen molar-refractivity contribution in [1.29, 1.82) is 0 Å². The zero-order valence-electron chi connectivity index (χ0n) is 28.0. The number of quaternary nitrogens is 2. The summed E-state index contributed by atoms with van der Waals surface area (Å²) in [6, 6.07) is 43.8. The van der Waals surface area contributed by atoms with E-state index in [1.54, 1.807) is 0 Å². The van der Waals surface area contributed by atoms with E-state index in [0.29, 0.717) is 0 Å². The first-order valence-corrected chi connectivity index (χ1v) is 17.0. The third-order valence-corrected chi connectivity index (χ3v) is 9.28. The number of hydrogen-bond donors (Lipinski definition) is 0. The van der Waals surface area contributed by atoms with Crippen molar-refractivity contribution in [3.8, 4) is 0 Å². The van der Waals surface area contributed by atoms with Gasteiger partial charge in [-0.05, 0) is 0 Å². The van der Waals surface area contributed by atoms with E-state index in [1.165, 1.54) is 22.3 Å². The predicted octanol–water partition coefficient (Wildman–Crippen LogP) is 8.76. The molecule has 4 aromatic rings. The van der Waals surface area contributed by atoms with Crippen LogP contribution in [-0.2, 0) is 35.7 Å². The molecule has 1 aliphatic heterocycles. The lowest BCUT2D eigenvalue weighted by molar-refractivity contribution is -0.944. The van der Waals surface area contributed by atoms with Gasteiger partial charge in [0, 0.05) is 35.1 Å². The van der Waals surface area contributed by atoms with Crippen LogP contribution in [0.15, 0.2) is 121 Å². The third-order valence-electron chi connectivity index (χ3n) is 9.28. The van der Waals surface area contributed by atoms with Crippen molar-refractivity contribution in [3.63, 3.8) is 0 Å². The monoisotopic (exact) mass is 606 g/mol. The van der Waals surface area contributed by atoms with Crippen LogP contribution in [0.5, 0.6) is 0 Å². The number of ether oxygens (including phenoxy) is 2. The Morgan fingerprint density at radius 2 is 0.733 bits per heavy atom. The number of likely N-dealkylation sites (N-methyl/N-ethyl adjacent to an activating group) is 2. The topological polar surface area (TPSA) is 18.5 Å². The second kappa shape index (κ2) is 15.3. The number of hydrogen-bond acceptors (Lipinski definition) is 2. The fourth-order valence-electron chi connectivity index (χ4n) is 7.50. The lowest BCUT2D eigenvalue weighted by Gasteiger charge is -2.40. The van der Waals surface area contributed by atoms with Gasteiger partial charge in [0.15, 0.2) is 5.79 Å². The van der Waals surface area contributed by atoms with Crippen molar-refractivity contribution in [2.24, 2.45) is 0 Å². The molecule has 0 saturated carbocycles. The molecule has 4 heteroatoms. The predicted molar refractivity (Wildman–Crippen MR) is 185 cm³/mol. The highest BCUT2D eigenvalue weighted by molar-refractivity contribution is 5.17. The minimum Gasteiger partial charge on any atom is -0.338 e. The maximum atomic E-state index is 7.21. The smallest absolute Gasteiger partial charge is 0.169 e. The third kappa shape index (κ3) is 9.37. The Kier molecular flexibility index (Phi) is 11.3. The zero-order valence-corrected chi connectivity index (χ0v) is 28.0. The van der Waals surface area contributed by atoms with Crippen LogP contribution in [0.3, 0.4) is 0 Å². The zero-order chi connectivity index (χ0) is 31.6. The lowest BCUT2D eigenvalue weighted by atomic mass is 10.1. The van der Waals surface area contributed by atoms with E-state index in [4.69, 9.17) is 9.47 Å². The molecule has 45 heavy (non-hydrogen) atoms. The van der Waals surface area contributed by atoms with Crippen LogP contribution < -0.4 is 0 Å². The van der Waals surface area contributed by atoms with Gasteiger partial charge in [-0.1, -0.05) is 148 Å². The average molecular weight is 607 g/mol. The molecule has 0 bridgehead atoms. The normalized spacial score (nSPS) is 18.2. The van der Waals surface area contributed by atoms with Gasteiger partial charge in [0.25, 0.3) is 0 Å². The van der Waals surface area contributed by atoms with Gasteiger partial charge in [0.05, 0.1) is 14.1 Å². The molecule has 2 atom stereocenters. The van der Waals surface area contributed by atoms with E-state index in [1.807, 2.05) is 0 Å². The summed E-state index contributed by atoms with van der Waals surface area (Å²) >= 11 is 0. The Labute approximate surface area is 272 Å². The number of rotatable bonds is 16. The first-order chi connectivity index (χ1) is 21.8. The summed E-state index contributed by atoms with van der Waals surface area (Å²) < 4.78 is 16.1. The van der Waals surface area contributed by atoms with Gasteiger partial charge in [0.1, 0.15) is 51.5 Å². The molecular weight excluding hydrogens is 552 g/mol. The van der Waals surface area contributed by atoms with Crippen molar-refractivity contribution in [2.45, 2.75) is 83.7 Å². The molecule has 0 aromatic heterocycles. The Balaban J connectivity index is 1.48. The standard InChI is InChI=1S/C41H54N2O2/c1-5-27-41(28-6-2)44-39(33-42(3,29-35-19-11-7-12-20-35)30-36-21-13-8-14-22-36)40(45-41)34-43(4,31-37-23-15-9-16-24-37)32-38-25-17-10-18-26-38/h7-26,39-40H,5-6,27-34H2,1-4H3/q+2/t39-,40-/m0/s1. The van der Waals surface area contributed by atoms with E-state index in [9.17, 15) is 0 Å². The summed E-state index contributed by atoms with van der Waals surface area (Å²) in [4.78, 5) is 0. The summed E-state index contributed by atoms with van der Waals surface area (Å²) in [6.07, 6.45) is 3.92. The molecule has 0 spiro atoms. The molecule has 0 N–H and O–H groups in total. The average Bonchev–Trinajstić information content (AvgIpc) is 3.33. The maximum Gasteiger partial charge on any atom is 0.169 e. The summed E-state index contributed by atoms with van der Waals surface area (Å²) in [5.41, 5.74) is 5.42. The fraction of sp³-hybridized carbons (Fsp3) is 0.415. The second-order valence-corrected chi connectivity index (χ2v) is 13.9. The van der Waals surface area contributed by atoms with Crippen LogP contribution in [-0.4, -0.2) is 54.1 Å². The maximum absolute atomic E-state index is 7.21. The van der Waals surface area contributed by atoms with Crippen LogP contribution >= 0.6 is 0 Å². The van der Waals surface area contributed by atoms with Crippen LogP contribution in [0, 0.1) is 0 Å². The first kappa shape index (κ1) is 33.1. The van der Waals surface area contributed by atoms with E-state index >= 15 is 0 Å². The molecule has 0 radical (unpaired) electrons. The Hall–Kier alpha value is -3.28. The first-order valence-electron chi connectivity index (χ1n) is 17.0. The van der Waals surface area contributed by atoms with Crippen molar-refractivity contribution in [3.05, 3.63) is 144 Å². The molecule has 238 valence electrons. The van der Waals surface area contributed by atoms with E-state index in [-0.39, 0.29) is 12.2 Å². The van der Waals surface area contributed by atoms with Crippen LogP contribution in [0.4, 0.5) is 0 Å². The minimum absolute atomic E-state index is 0.00970. The quantitative estimate of drug-likeness (QED) is 0.119. The highest BCUT2D eigenvalue weighted by Gasteiger charge is 2.51. The summed E-state index contributed by atoms with van der Waals surface area (Å²) in [7, 11) is 4.81. The Bertz CT molecular complexity index is 1220. The summed E-state index contributed by atoms with van der Waals surface area (Å²) in [5.74, 6) is -0.520. The van der Waals surface area contributed by atoms with Gasteiger partial charge >= 0.3 is 0 Å². The number of benzene rings is 4. The molecule has 1 saturated heterocycles. The SMILES string of the molecule is CCCC1(CCC)O[C@@H](C[N+](C)(Cc2ccccc2)Cc2ccccc2)[C@H](C[N+](C)(Cc2ccccc2)Cc2ccccc2)O1. The van der Waals surface area contributed by atoms with Crippen LogP contribution in [0.2, 0.25) is 0 Å². The number of nitrogens with zero attached hydrogens (tertiary/aromatic N) is 2. The van der Waals surface area contributed by atoms with Crippen molar-refractivity contribution in [2.75, 3.05) is 27.2 Å². The van der Waals surface area contributed by atoms with Crippen molar-refractivity contribution in [1.82, 2.24) is 0 Å². The van der Waals surface area contributed by atoms with Gasteiger partial charge in [-0.2, -0.15) is 0 Å². The molecule has 0 amide bonds. The molecule has 0 unspecified atom stereocenters. The lowest BCUT2D eigenvalue weighted by Crippen LogP contribution is -2.54. The molecular formula is C41H54N2O2+2. The van der Waals surface area contributed by atoms with Gasteiger partial charge in [-0.25, -0.2) is 0 Å². The highest BCUT2D eigenvalue weighted by atomic mass is 16.8. The second-order valence-electron chi connectivity index (χ2n) is 13.9. The molecule has 0 aliphatic carbocycles. The minimum atomic E-state index is -0.520. The Morgan fingerprint density at radius 3 is 0.978 bits per heavy atom. The Morgan fingerprint density at radius 1 is 0.467 bits per heavy atom. The molecule has 5 rings (SSSR count). The van der Waals surface area contributed by atoms with Gasteiger partial charge in [-0.3, -0.25) is 0 Å². The largest absolute Gasteiger partial charge is 0.338 e. The van der Waals surface area contributed by atoms with Gasteiger partial charge < -0.3 is 18.4 Å². The van der Waals surface area contributed by atoms with Crippen LogP contribution in [0.25, 0.3) is 0 Å². The van der Waals surface area contributed by atoms with E-state index < -0.39 is 5.79 Å². The van der Waals surface area contributed by atoms with Gasteiger partial charge in [0.2, 0.25) is 0 Å². The summed E-state index contributed by atoms with van der Waals surface area (Å²) in [5, 5.41) is 0. The molecule has 4 nitrogen and oxygen atoms in total. The van der Waals surface area contributed by atoms with E-state index in [2.05, 4.69) is 149 Å². The molecule has 1 aliphatic rings. The summed E-state index contributed by atoms with van der Waals surface area (Å²) in [6.45, 7) is 10.0. The fourth-order valence-corrected chi connectivity index (χ4v) is 7.50. The molecule has 1 heterocycles. The van der Waals surface area contributed by atoms with Crippen LogP contribution in [0.1, 0.15) is 61.8 Å².